The van der Waals surface area contributed by atoms with Crippen molar-refractivity contribution in [1.82, 2.24) is 10.0 Å². The summed E-state index contributed by atoms with van der Waals surface area (Å²) in [6.45, 7) is 0.296. The van der Waals surface area contributed by atoms with Gasteiger partial charge in [-0.25, -0.2) is 21.6 Å². The zero-order valence-electron chi connectivity index (χ0n) is 12.6. The molecule has 0 saturated carbocycles. The van der Waals surface area contributed by atoms with Gasteiger partial charge in [0.25, 0.3) is 0 Å². The van der Waals surface area contributed by atoms with Crippen molar-refractivity contribution in [3.8, 4) is 5.75 Å². The van der Waals surface area contributed by atoms with Crippen LogP contribution in [-0.4, -0.2) is 65.8 Å². The Morgan fingerprint density at radius 3 is 2.39 bits per heavy atom. The van der Waals surface area contributed by atoms with E-state index < -0.39 is 32.0 Å². The van der Waals surface area contributed by atoms with E-state index in [4.69, 9.17) is 4.74 Å². The normalized spacial score (nSPS) is 23.7. The molecule has 0 unspecified atom stereocenters. The molecule has 1 aliphatic rings. The summed E-state index contributed by atoms with van der Waals surface area (Å²) in [5, 5.41) is 12.5. The Balaban J connectivity index is 1.83. The molecule has 130 valence electrons. The molecule has 1 aromatic carbocycles. The van der Waals surface area contributed by atoms with Crippen molar-refractivity contribution in [2.75, 3.05) is 31.7 Å². The SMILES string of the molecule is COc1ccc(S(=O)(=O)NCCN[C@H]2CS(=O)(=O)C[C@@H]2O)cc1. The summed E-state index contributed by atoms with van der Waals surface area (Å²) in [4.78, 5) is 0.113. The minimum atomic E-state index is -3.64. The van der Waals surface area contributed by atoms with Gasteiger partial charge < -0.3 is 15.2 Å². The predicted octanol–water partition coefficient (Wildman–Crippen LogP) is -1.28. The highest BCUT2D eigenvalue weighted by Crippen LogP contribution is 2.15. The molecule has 0 aliphatic carbocycles. The van der Waals surface area contributed by atoms with Crippen LogP contribution in [0.5, 0.6) is 5.75 Å². The van der Waals surface area contributed by atoms with E-state index >= 15 is 0 Å². The summed E-state index contributed by atoms with van der Waals surface area (Å²) >= 11 is 0. The van der Waals surface area contributed by atoms with E-state index in [1.54, 1.807) is 12.1 Å². The van der Waals surface area contributed by atoms with Crippen molar-refractivity contribution >= 4 is 19.9 Å². The smallest absolute Gasteiger partial charge is 0.240 e. The lowest BCUT2D eigenvalue weighted by atomic mass is 10.2. The van der Waals surface area contributed by atoms with E-state index in [1.807, 2.05) is 0 Å². The van der Waals surface area contributed by atoms with Gasteiger partial charge in [-0.05, 0) is 24.3 Å². The minimum Gasteiger partial charge on any atom is -0.497 e. The summed E-state index contributed by atoms with van der Waals surface area (Å²) in [7, 11) is -5.38. The summed E-state index contributed by atoms with van der Waals surface area (Å²) < 4.78 is 54.2. The van der Waals surface area contributed by atoms with Gasteiger partial charge in [0.15, 0.2) is 9.84 Å². The van der Waals surface area contributed by atoms with Crippen LogP contribution in [0.3, 0.4) is 0 Å². The maximum absolute atomic E-state index is 12.1. The van der Waals surface area contributed by atoms with Crippen LogP contribution in [-0.2, 0) is 19.9 Å². The summed E-state index contributed by atoms with van der Waals surface area (Å²) in [5.74, 6) is 0.156. The molecule has 8 nitrogen and oxygen atoms in total. The molecule has 0 bridgehead atoms. The lowest BCUT2D eigenvalue weighted by molar-refractivity contribution is 0.166. The third-order valence-corrected chi connectivity index (χ3v) is 6.71. The number of hydrogen-bond acceptors (Lipinski definition) is 7. The molecule has 1 heterocycles. The summed E-state index contributed by atoms with van der Waals surface area (Å²) in [6.07, 6.45) is -0.960. The van der Waals surface area contributed by atoms with Crippen LogP contribution in [0.4, 0.5) is 0 Å². The average Bonchev–Trinajstić information content (AvgIpc) is 2.76. The highest BCUT2D eigenvalue weighted by Gasteiger charge is 2.35. The van der Waals surface area contributed by atoms with Gasteiger partial charge >= 0.3 is 0 Å². The molecule has 2 rings (SSSR count). The predicted molar refractivity (Wildman–Crippen MR) is 84.6 cm³/mol. The highest BCUT2D eigenvalue weighted by atomic mass is 32.2. The second-order valence-corrected chi connectivity index (χ2v) is 9.20. The van der Waals surface area contributed by atoms with Crippen LogP contribution >= 0.6 is 0 Å². The molecule has 10 heteroatoms. The Bertz CT molecular complexity index is 730. The second kappa shape index (κ2) is 7.14. The zero-order valence-corrected chi connectivity index (χ0v) is 14.2. The number of benzene rings is 1. The van der Waals surface area contributed by atoms with Gasteiger partial charge in [-0.1, -0.05) is 0 Å². The zero-order chi connectivity index (χ0) is 17.1. The standard InChI is InChI=1S/C13H20N2O6S2/c1-21-10-2-4-11(5-3-10)23(19,20)15-7-6-14-12-8-22(17,18)9-13(12)16/h2-5,12-16H,6-9H2,1H3/t12-,13-/m0/s1. The van der Waals surface area contributed by atoms with Crippen LogP contribution in [0.1, 0.15) is 0 Å². The number of sulfone groups is 1. The number of hydrogen-bond donors (Lipinski definition) is 3. The number of rotatable bonds is 7. The van der Waals surface area contributed by atoms with Crippen LogP contribution in [0.15, 0.2) is 29.2 Å². The van der Waals surface area contributed by atoms with E-state index in [0.29, 0.717) is 5.75 Å². The summed E-state index contributed by atoms with van der Waals surface area (Å²) in [5.41, 5.74) is 0. The van der Waals surface area contributed by atoms with Crippen molar-refractivity contribution in [3.63, 3.8) is 0 Å². The molecule has 0 spiro atoms. The second-order valence-electron chi connectivity index (χ2n) is 5.28. The van der Waals surface area contributed by atoms with Gasteiger partial charge in [0.05, 0.1) is 29.6 Å². The van der Waals surface area contributed by atoms with Crippen molar-refractivity contribution in [1.29, 1.82) is 0 Å². The molecule has 1 fully saturated rings. The fourth-order valence-electron chi connectivity index (χ4n) is 2.31. The minimum absolute atomic E-state index is 0.0810. The van der Waals surface area contributed by atoms with E-state index in [2.05, 4.69) is 10.0 Å². The Morgan fingerprint density at radius 1 is 1.22 bits per heavy atom. The maximum atomic E-state index is 12.1. The number of aliphatic hydroxyl groups is 1. The average molecular weight is 364 g/mol. The lowest BCUT2D eigenvalue weighted by Crippen LogP contribution is -2.42. The van der Waals surface area contributed by atoms with Crippen molar-refractivity contribution < 1.29 is 26.7 Å². The molecule has 0 radical (unpaired) electrons. The van der Waals surface area contributed by atoms with Gasteiger partial charge in [0.1, 0.15) is 5.75 Å². The third kappa shape index (κ3) is 4.88. The molecular weight excluding hydrogens is 344 g/mol. The van der Waals surface area contributed by atoms with Crippen LogP contribution in [0.2, 0.25) is 0 Å². The molecule has 2 atom stereocenters. The highest BCUT2D eigenvalue weighted by molar-refractivity contribution is 7.91. The Morgan fingerprint density at radius 2 is 1.87 bits per heavy atom. The fraction of sp³-hybridized carbons (Fsp3) is 0.538. The number of ether oxygens (including phenoxy) is 1. The topological polar surface area (TPSA) is 122 Å². The first-order chi connectivity index (χ1) is 10.7. The summed E-state index contributed by atoms with van der Waals surface area (Å²) in [6, 6.07) is 5.40. The van der Waals surface area contributed by atoms with Gasteiger partial charge in [0.2, 0.25) is 10.0 Å². The quantitative estimate of drug-likeness (QED) is 0.515. The van der Waals surface area contributed by atoms with E-state index in [0.717, 1.165) is 0 Å². The Hall–Kier alpha value is -1.20. The number of nitrogens with one attached hydrogen (secondary N) is 2. The van der Waals surface area contributed by atoms with E-state index in [-0.39, 0.29) is 29.5 Å². The lowest BCUT2D eigenvalue weighted by Gasteiger charge is -2.15. The first-order valence-electron chi connectivity index (χ1n) is 6.99. The maximum Gasteiger partial charge on any atom is 0.240 e. The molecular formula is C13H20N2O6S2. The molecule has 0 amide bonds. The van der Waals surface area contributed by atoms with Crippen molar-refractivity contribution in [2.24, 2.45) is 0 Å². The molecule has 3 N–H and O–H groups in total. The Kier molecular flexibility index (Phi) is 5.63. The van der Waals surface area contributed by atoms with Crippen LogP contribution < -0.4 is 14.8 Å². The van der Waals surface area contributed by atoms with Gasteiger partial charge in [-0.15, -0.1) is 0 Å². The van der Waals surface area contributed by atoms with Crippen molar-refractivity contribution in [3.05, 3.63) is 24.3 Å². The molecule has 1 aromatic rings. The first kappa shape index (κ1) is 18.1. The van der Waals surface area contributed by atoms with E-state index in [9.17, 15) is 21.9 Å². The molecule has 0 aromatic heterocycles. The van der Waals surface area contributed by atoms with Gasteiger partial charge in [-0.2, -0.15) is 0 Å². The first-order valence-corrected chi connectivity index (χ1v) is 10.3. The number of methoxy groups -OCH3 is 1. The monoisotopic (exact) mass is 364 g/mol. The van der Waals surface area contributed by atoms with Crippen LogP contribution in [0.25, 0.3) is 0 Å². The third-order valence-electron chi connectivity index (χ3n) is 3.52. The van der Waals surface area contributed by atoms with Gasteiger partial charge in [0, 0.05) is 19.1 Å². The molecule has 1 aliphatic heterocycles. The van der Waals surface area contributed by atoms with Gasteiger partial charge in [-0.3, -0.25) is 0 Å². The van der Waals surface area contributed by atoms with Crippen LogP contribution in [0, 0.1) is 0 Å². The number of aliphatic hydroxyl groups excluding tert-OH is 1. The van der Waals surface area contributed by atoms with E-state index in [1.165, 1.54) is 19.2 Å². The van der Waals surface area contributed by atoms with Crippen molar-refractivity contribution in [2.45, 2.75) is 17.0 Å². The molecule has 23 heavy (non-hydrogen) atoms. The number of sulfonamides is 1. The fourth-order valence-corrected chi connectivity index (χ4v) is 5.11. The largest absolute Gasteiger partial charge is 0.497 e. The molecule has 1 saturated heterocycles. The Labute approximate surface area is 135 Å².